The molecule has 0 atom stereocenters. The molecule has 2 aromatic carbocycles. The molecule has 0 radical (unpaired) electrons. The van der Waals surface area contributed by atoms with Crippen LogP contribution in [0.5, 0.6) is 11.5 Å². The third-order valence-corrected chi connectivity index (χ3v) is 6.18. The zero-order chi connectivity index (χ0) is 25.8. The third kappa shape index (κ3) is 5.43. The Kier molecular flexibility index (Phi) is 7.43. The van der Waals surface area contributed by atoms with Crippen LogP contribution in [0.3, 0.4) is 0 Å². The molecular formula is C28H32N4O4. The highest BCUT2D eigenvalue weighted by Gasteiger charge is 2.17. The fourth-order valence-electron chi connectivity index (χ4n) is 4.11. The summed E-state index contributed by atoms with van der Waals surface area (Å²) < 4.78 is 14.3. The molecule has 0 bridgehead atoms. The van der Waals surface area contributed by atoms with Crippen LogP contribution in [0.1, 0.15) is 37.1 Å². The molecule has 8 heteroatoms. The molecule has 0 aliphatic rings. The Morgan fingerprint density at radius 2 is 1.83 bits per heavy atom. The quantitative estimate of drug-likeness (QED) is 0.384. The minimum Gasteiger partial charge on any atom is -0.497 e. The van der Waals surface area contributed by atoms with E-state index in [2.05, 4.69) is 10.4 Å². The van der Waals surface area contributed by atoms with Crippen molar-refractivity contribution in [2.75, 3.05) is 7.11 Å². The third-order valence-electron chi connectivity index (χ3n) is 6.18. The van der Waals surface area contributed by atoms with Gasteiger partial charge < -0.3 is 19.4 Å². The Hall–Kier alpha value is -4.07. The Morgan fingerprint density at radius 3 is 2.53 bits per heavy atom. The lowest BCUT2D eigenvalue weighted by Crippen LogP contribution is -2.27. The molecule has 0 aliphatic heterocycles. The van der Waals surface area contributed by atoms with Crippen LogP contribution >= 0.6 is 0 Å². The van der Waals surface area contributed by atoms with Crippen molar-refractivity contribution in [3.63, 3.8) is 0 Å². The maximum Gasteiger partial charge on any atom is 0.277 e. The fraction of sp³-hybridized carbons (Fsp3) is 0.321. The van der Waals surface area contributed by atoms with Gasteiger partial charge in [-0.05, 0) is 57.0 Å². The SMILES string of the molecule is COc1cccc(-c2cc3n(C)c(C)c(CCC(=O)NCc4ccc(OC(C)C)cc4)c(=O)n3n2)c1. The van der Waals surface area contributed by atoms with Gasteiger partial charge in [0.1, 0.15) is 17.1 Å². The number of fused-ring (bicyclic) bond motifs is 1. The molecule has 36 heavy (non-hydrogen) atoms. The van der Waals surface area contributed by atoms with Gasteiger partial charge in [-0.2, -0.15) is 9.61 Å². The standard InChI is InChI=1S/C28H32N4O4/c1-18(2)36-22-11-9-20(10-12-22)17-29-26(33)14-13-24-19(3)31(4)27-16-25(30-32(27)28(24)34)21-7-6-8-23(15-21)35-5/h6-12,15-16,18H,13-14,17H2,1-5H3,(H,29,33). The number of methoxy groups -OCH3 is 1. The number of ether oxygens (including phenoxy) is 2. The summed E-state index contributed by atoms with van der Waals surface area (Å²) in [5, 5.41) is 7.50. The van der Waals surface area contributed by atoms with E-state index < -0.39 is 0 Å². The van der Waals surface area contributed by atoms with Crippen molar-refractivity contribution in [3.8, 4) is 22.8 Å². The fourth-order valence-corrected chi connectivity index (χ4v) is 4.11. The van der Waals surface area contributed by atoms with Crippen LogP contribution in [0.25, 0.3) is 16.9 Å². The number of nitrogens with zero attached hydrogens (tertiary/aromatic N) is 3. The Labute approximate surface area is 210 Å². The first-order valence-electron chi connectivity index (χ1n) is 12.0. The van der Waals surface area contributed by atoms with E-state index in [1.165, 1.54) is 4.52 Å². The number of carbonyl (C=O) groups is 1. The van der Waals surface area contributed by atoms with E-state index in [0.29, 0.717) is 29.9 Å². The average Bonchev–Trinajstić information content (AvgIpc) is 3.33. The van der Waals surface area contributed by atoms with E-state index in [-0.39, 0.29) is 24.0 Å². The number of hydrogen-bond donors (Lipinski definition) is 1. The normalized spacial score (nSPS) is 11.2. The van der Waals surface area contributed by atoms with Crippen molar-refractivity contribution >= 4 is 11.6 Å². The first-order chi connectivity index (χ1) is 17.3. The Morgan fingerprint density at radius 1 is 1.08 bits per heavy atom. The summed E-state index contributed by atoms with van der Waals surface area (Å²) >= 11 is 0. The number of carbonyl (C=O) groups excluding carboxylic acids is 1. The minimum absolute atomic E-state index is 0.112. The first kappa shape index (κ1) is 25.0. The summed E-state index contributed by atoms with van der Waals surface area (Å²) in [7, 11) is 3.51. The topological polar surface area (TPSA) is 86.9 Å². The zero-order valence-electron chi connectivity index (χ0n) is 21.4. The summed E-state index contributed by atoms with van der Waals surface area (Å²) in [6, 6.07) is 17.1. The van der Waals surface area contributed by atoms with Gasteiger partial charge in [-0.25, -0.2) is 0 Å². The lowest BCUT2D eigenvalue weighted by atomic mass is 10.1. The van der Waals surface area contributed by atoms with Gasteiger partial charge in [-0.1, -0.05) is 24.3 Å². The van der Waals surface area contributed by atoms with Crippen LogP contribution in [-0.2, 0) is 24.8 Å². The van der Waals surface area contributed by atoms with E-state index in [4.69, 9.17) is 9.47 Å². The number of rotatable bonds is 9. The molecule has 0 saturated carbocycles. The van der Waals surface area contributed by atoms with Crippen LogP contribution in [0.2, 0.25) is 0 Å². The van der Waals surface area contributed by atoms with Gasteiger partial charge in [-0.15, -0.1) is 0 Å². The highest BCUT2D eigenvalue weighted by Crippen LogP contribution is 2.24. The number of hydrogen-bond acceptors (Lipinski definition) is 5. The maximum atomic E-state index is 13.3. The highest BCUT2D eigenvalue weighted by atomic mass is 16.5. The van der Waals surface area contributed by atoms with Gasteiger partial charge in [0.15, 0.2) is 0 Å². The molecule has 0 spiro atoms. The molecule has 0 fully saturated rings. The molecule has 0 saturated heterocycles. The van der Waals surface area contributed by atoms with Gasteiger partial charge in [0.2, 0.25) is 5.91 Å². The van der Waals surface area contributed by atoms with E-state index >= 15 is 0 Å². The van der Waals surface area contributed by atoms with Crippen molar-refractivity contribution in [1.82, 2.24) is 19.5 Å². The summed E-state index contributed by atoms with van der Waals surface area (Å²) in [5.74, 6) is 1.41. The predicted octanol–water partition coefficient (Wildman–Crippen LogP) is 4.05. The molecule has 0 aliphatic carbocycles. The molecule has 0 unspecified atom stereocenters. The van der Waals surface area contributed by atoms with Crippen LogP contribution in [0.15, 0.2) is 59.4 Å². The minimum atomic E-state index is -0.205. The first-order valence-corrected chi connectivity index (χ1v) is 12.0. The number of nitrogens with one attached hydrogen (secondary N) is 1. The van der Waals surface area contributed by atoms with Gasteiger partial charge in [-0.3, -0.25) is 9.59 Å². The van der Waals surface area contributed by atoms with Gasteiger partial charge in [0, 0.05) is 42.9 Å². The number of aryl methyl sites for hydroxylation is 1. The summed E-state index contributed by atoms with van der Waals surface area (Å²) in [6.45, 7) is 6.27. The zero-order valence-corrected chi connectivity index (χ0v) is 21.4. The van der Waals surface area contributed by atoms with E-state index in [9.17, 15) is 9.59 Å². The molecule has 188 valence electrons. The van der Waals surface area contributed by atoms with Gasteiger partial charge >= 0.3 is 0 Å². The van der Waals surface area contributed by atoms with Crippen molar-refractivity contribution in [1.29, 1.82) is 0 Å². The van der Waals surface area contributed by atoms with E-state index in [0.717, 1.165) is 28.3 Å². The van der Waals surface area contributed by atoms with Crippen LogP contribution in [0.4, 0.5) is 0 Å². The van der Waals surface area contributed by atoms with E-state index in [1.807, 2.05) is 87.0 Å². The Bertz CT molecular complexity index is 1430. The lowest BCUT2D eigenvalue weighted by molar-refractivity contribution is -0.121. The van der Waals surface area contributed by atoms with Gasteiger partial charge in [0.05, 0.1) is 18.9 Å². The van der Waals surface area contributed by atoms with Crippen molar-refractivity contribution < 1.29 is 14.3 Å². The average molecular weight is 489 g/mol. The summed E-state index contributed by atoms with van der Waals surface area (Å²) in [6.07, 6.45) is 0.650. The van der Waals surface area contributed by atoms with Crippen molar-refractivity contribution in [2.24, 2.45) is 7.05 Å². The van der Waals surface area contributed by atoms with Gasteiger partial charge in [0.25, 0.3) is 5.56 Å². The van der Waals surface area contributed by atoms with Crippen molar-refractivity contribution in [2.45, 2.75) is 46.3 Å². The molecule has 4 rings (SSSR count). The number of aromatic nitrogens is 3. The molecule has 4 aromatic rings. The largest absolute Gasteiger partial charge is 0.497 e. The monoisotopic (exact) mass is 488 g/mol. The second-order valence-electron chi connectivity index (χ2n) is 9.05. The molecular weight excluding hydrogens is 456 g/mol. The second kappa shape index (κ2) is 10.7. The summed E-state index contributed by atoms with van der Waals surface area (Å²) in [5.41, 5.74) is 4.40. The van der Waals surface area contributed by atoms with Crippen LogP contribution < -0.4 is 20.3 Å². The molecule has 2 heterocycles. The smallest absolute Gasteiger partial charge is 0.277 e. The Balaban J connectivity index is 1.46. The molecule has 8 nitrogen and oxygen atoms in total. The molecule has 1 amide bonds. The van der Waals surface area contributed by atoms with Crippen LogP contribution in [0, 0.1) is 6.92 Å². The molecule has 1 N–H and O–H groups in total. The van der Waals surface area contributed by atoms with Crippen molar-refractivity contribution in [3.05, 3.63) is 81.8 Å². The summed E-state index contributed by atoms with van der Waals surface area (Å²) in [4.78, 5) is 25.8. The molecule has 2 aromatic heterocycles. The highest BCUT2D eigenvalue weighted by molar-refractivity contribution is 5.76. The lowest BCUT2D eigenvalue weighted by Gasteiger charge is -2.12. The number of benzene rings is 2. The second-order valence-corrected chi connectivity index (χ2v) is 9.05. The van der Waals surface area contributed by atoms with E-state index in [1.54, 1.807) is 7.11 Å². The number of amides is 1. The van der Waals surface area contributed by atoms with Crippen LogP contribution in [-0.4, -0.2) is 33.3 Å². The maximum absolute atomic E-state index is 13.3. The predicted molar refractivity (Wildman–Crippen MR) is 140 cm³/mol.